The van der Waals surface area contributed by atoms with Crippen molar-refractivity contribution in [3.05, 3.63) is 48.5 Å². The minimum absolute atomic E-state index is 0.118. The number of thiocarbonyl (C=S) groups is 1. The summed E-state index contributed by atoms with van der Waals surface area (Å²) in [5.74, 6) is 0.446. The fourth-order valence-electron chi connectivity index (χ4n) is 1.87. The summed E-state index contributed by atoms with van der Waals surface area (Å²) in [5, 5.41) is 6.06. The molecule has 0 unspecified atom stereocenters. The van der Waals surface area contributed by atoms with Gasteiger partial charge in [0.05, 0.1) is 17.7 Å². The second-order valence-corrected chi connectivity index (χ2v) is 6.63. The van der Waals surface area contributed by atoms with Gasteiger partial charge in [-0.2, -0.15) is 0 Å². The van der Waals surface area contributed by atoms with E-state index in [0.29, 0.717) is 22.2 Å². The molecule has 0 saturated heterocycles. The monoisotopic (exact) mass is 351 g/mol. The molecule has 0 saturated carbocycles. The SMILES string of the molecule is CNC(=S)Nc1cccc(S(=O)(=O)Nc2ccccc2OC)c1. The summed E-state index contributed by atoms with van der Waals surface area (Å²) in [6, 6.07) is 13.2. The molecule has 2 aromatic carbocycles. The van der Waals surface area contributed by atoms with Crippen LogP contribution in [0, 0.1) is 0 Å². The molecule has 23 heavy (non-hydrogen) atoms. The van der Waals surface area contributed by atoms with Gasteiger partial charge in [0.15, 0.2) is 5.11 Å². The first kappa shape index (κ1) is 17.0. The third-order valence-electron chi connectivity index (χ3n) is 2.98. The maximum absolute atomic E-state index is 12.5. The lowest BCUT2D eigenvalue weighted by Crippen LogP contribution is -2.24. The van der Waals surface area contributed by atoms with Gasteiger partial charge in [-0.25, -0.2) is 8.42 Å². The number of rotatable bonds is 5. The zero-order valence-electron chi connectivity index (χ0n) is 12.7. The van der Waals surface area contributed by atoms with Crippen molar-refractivity contribution in [2.45, 2.75) is 4.90 Å². The molecular weight excluding hydrogens is 334 g/mol. The molecular formula is C15H17N3O3S2. The molecule has 3 N–H and O–H groups in total. The average molecular weight is 351 g/mol. The Morgan fingerprint density at radius 2 is 1.87 bits per heavy atom. The number of benzene rings is 2. The Bertz CT molecular complexity index is 807. The van der Waals surface area contributed by atoms with Gasteiger partial charge in [-0.3, -0.25) is 4.72 Å². The summed E-state index contributed by atoms with van der Waals surface area (Å²) in [7, 11) is -0.582. The van der Waals surface area contributed by atoms with Crippen LogP contribution in [-0.2, 0) is 10.0 Å². The van der Waals surface area contributed by atoms with Gasteiger partial charge in [0.2, 0.25) is 0 Å². The van der Waals surface area contributed by atoms with Gasteiger partial charge >= 0.3 is 0 Å². The predicted molar refractivity (Wildman–Crippen MR) is 95.5 cm³/mol. The number of methoxy groups -OCH3 is 1. The van der Waals surface area contributed by atoms with Crippen LogP contribution >= 0.6 is 12.2 Å². The lowest BCUT2D eigenvalue weighted by molar-refractivity contribution is 0.417. The van der Waals surface area contributed by atoms with Crippen LogP contribution in [0.25, 0.3) is 0 Å². The van der Waals surface area contributed by atoms with Crippen molar-refractivity contribution in [3.8, 4) is 5.75 Å². The highest BCUT2D eigenvalue weighted by atomic mass is 32.2. The van der Waals surface area contributed by atoms with Crippen molar-refractivity contribution in [2.24, 2.45) is 0 Å². The van der Waals surface area contributed by atoms with E-state index in [2.05, 4.69) is 15.4 Å². The van der Waals surface area contributed by atoms with E-state index >= 15 is 0 Å². The molecule has 122 valence electrons. The number of anilines is 2. The molecule has 0 aliphatic rings. The van der Waals surface area contributed by atoms with Crippen LogP contribution in [0.5, 0.6) is 5.75 Å². The molecule has 0 fully saturated rings. The summed E-state index contributed by atoms with van der Waals surface area (Å²) in [4.78, 5) is 0.118. The van der Waals surface area contributed by atoms with Crippen LogP contribution in [0.2, 0.25) is 0 Å². The van der Waals surface area contributed by atoms with E-state index in [1.54, 1.807) is 43.4 Å². The van der Waals surface area contributed by atoms with E-state index in [0.717, 1.165) is 0 Å². The molecule has 0 amide bonds. The van der Waals surface area contributed by atoms with Crippen molar-refractivity contribution in [3.63, 3.8) is 0 Å². The Labute approximate surface area is 140 Å². The standard InChI is InChI=1S/C15H17N3O3S2/c1-16-15(22)17-11-6-5-7-12(10-11)23(19,20)18-13-8-3-4-9-14(13)21-2/h3-10,18H,1-2H3,(H2,16,17,22). The summed E-state index contributed by atoms with van der Waals surface area (Å²) >= 11 is 5.01. The summed E-state index contributed by atoms with van der Waals surface area (Å²) in [6.07, 6.45) is 0. The number of ether oxygens (including phenoxy) is 1. The normalized spacial score (nSPS) is 10.7. The Balaban J connectivity index is 2.29. The Morgan fingerprint density at radius 1 is 1.13 bits per heavy atom. The number of hydrogen-bond acceptors (Lipinski definition) is 4. The van der Waals surface area contributed by atoms with E-state index in [1.807, 2.05) is 0 Å². The Kier molecular flexibility index (Phi) is 5.41. The highest BCUT2D eigenvalue weighted by Gasteiger charge is 2.16. The summed E-state index contributed by atoms with van der Waals surface area (Å²) in [5.41, 5.74) is 0.950. The Morgan fingerprint density at radius 3 is 2.57 bits per heavy atom. The topological polar surface area (TPSA) is 79.5 Å². The van der Waals surface area contributed by atoms with Crippen LogP contribution in [0.1, 0.15) is 0 Å². The molecule has 8 heteroatoms. The zero-order valence-corrected chi connectivity index (χ0v) is 14.3. The average Bonchev–Trinajstić information content (AvgIpc) is 2.55. The van der Waals surface area contributed by atoms with Crippen LogP contribution in [0.4, 0.5) is 11.4 Å². The van der Waals surface area contributed by atoms with Crippen molar-refractivity contribution >= 4 is 38.7 Å². The molecule has 0 spiro atoms. The molecule has 0 heterocycles. The summed E-state index contributed by atoms with van der Waals surface area (Å²) in [6.45, 7) is 0. The van der Waals surface area contributed by atoms with Crippen molar-refractivity contribution in [1.82, 2.24) is 5.32 Å². The molecule has 2 rings (SSSR count). The van der Waals surface area contributed by atoms with Crippen LogP contribution < -0.4 is 20.1 Å². The second kappa shape index (κ2) is 7.30. The fourth-order valence-corrected chi connectivity index (χ4v) is 3.10. The number of sulfonamides is 1. The van der Waals surface area contributed by atoms with Crippen molar-refractivity contribution < 1.29 is 13.2 Å². The first-order valence-corrected chi connectivity index (χ1v) is 8.60. The first-order valence-electron chi connectivity index (χ1n) is 6.71. The van der Waals surface area contributed by atoms with Crippen molar-refractivity contribution in [1.29, 1.82) is 0 Å². The van der Waals surface area contributed by atoms with Gasteiger partial charge in [-0.1, -0.05) is 18.2 Å². The number of nitrogens with one attached hydrogen (secondary N) is 3. The third-order valence-corrected chi connectivity index (χ3v) is 4.65. The molecule has 2 aromatic rings. The molecule has 0 atom stereocenters. The maximum atomic E-state index is 12.5. The lowest BCUT2D eigenvalue weighted by Gasteiger charge is -2.13. The number of hydrogen-bond donors (Lipinski definition) is 3. The van der Waals surface area contributed by atoms with E-state index in [-0.39, 0.29) is 4.90 Å². The lowest BCUT2D eigenvalue weighted by atomic mass is 10.3. The predicted octanol–water partition coefficient (Wildman–Crippen LogP) is 2.41. The van der Waals surface area contributed by atoms with Crippen LogP contribution in [0.15, 0.2) is 53.4 Å². The van der Waals surface area contributed by atoms with Gasteiger partial charge in [0.25, 0.3) is 10.0 Å². The van der Waals surface area contributed by atoms with E-state index < -0.39 is 10.0 Å². The van der Waals surface area contributed by atoms with Crippen LogP contribution in [0.3, 0.4) is 0 Å². The molecule has 0 radical (unpaired) electrons. The molecule has 6 nitrogen and oxygen atoms in total. The van der Waals surface area contributed by atoms with E-state index in [1.165, 1.54) is 19.2 Å². The van der Waals surface area contributed by atoms with Gasteiger partial charge in [0.1, 0.15) is 5.75 Å². The largest absolute Gasteiger partial charge is 0.495 e. The summed E-state index contributed by atoms with van der Waals surface area (Å²) < 4.78 is 32.7. The van der Waals surface area contributed by atoms with E-state index in [9.17, 15) is 8.42 Å². The molecule has 0 aromatic heterocycles. The maximum Gasteiger partial charge on any atom is 0.262 e. The molecule has 0 aliphatic carbocycles. The Hall–Kier alpha value is -2.32. The van der Waals surface area contributed by atoms with Gasteiger partial charge in [-0.05, 0) is 42.5 Å². The van der Waals surface area contributed by atoms with E-state index in [4.69, 9.17) is 17.0 Å². The highest BCUT2D eigenvalue weighted by molar-refractivity contribution is 7.92. The van der Waals surface area contributed by atoms with Gasteiger partial charge in [0, 0.05) is 12.7 Å². The zero-order chi connectivity index (χ0) is 16.9. The van der Waals surface area contributed by atoms with Gasteiger partial charge in [-0.15, -0.1) is 0 Å². The minimum Gasteiger partial charge on any atom is -0.495 e. The smallest absolute Gasteiger partial charge is 0.262 e. The number of para-hydroxylation sites is 2. The quantitative estimate of drug-likeness (QED) is 0.718. The first-order chi connectivity index (χ1) is 11.0. The van der Waals surface area contributed by atoms with Crippen LogP contribution in [-0.4, -0.2) is 27.7 Å². The minimum atomic E-state index is -3.74. The highest BCUT2D eigenvalue weighted by Crippen LogP contribution is 2.26. The molecule has 0 bridgehead atoms. The second-order valence-electron chi connectivity index (χ2n) is 4.54. The fraction of sp³-hybridized carbons (Fsp3) is 0.133. The van der Waals surface area contributed by atoms with Crippen molar-refractivity contribution in [2.75, 3.05) is 24.2 Å². The third kappa shape index (κ3) is 4.33. The molecule has 0 aliphatic heterocycles. The van der Waals surface area contributed by atoms with Gasteiger partial charge < -0.3 is 15.4 Å².